The van der Waals surface area contributed by atoms with E-state index in [-0.39, 0.29) is 11.7 Å². The number of hydrogen-bond donors (Lipinski definition) is 1. The van der Waals surface area contributed by atoms with E-state index in [1.807, 2.05) is 12.3 Å². The van der Waals surface area contributed by atoms with Crippen LogP contribution in [0, 0.1) is 11.8 Å². The second-order valence-electron chi connectivity index (χ2n) is 10.7. The van der Waals surface area contributed by atoms with Gasteiger partial charge in [0.2, 0.25) is 10.0 Å². The summed E-state index contributed by atoms with van der Waals surface area (Å²) in [6.07, 6.45) is 7.73. The van der Waals surface area contributed by atoms with Crippen molar-refractivity contribution in [1.29, 1.82) is 0 Å². The molecule has 4 heterocycles. The fraction of sp³-hybridized carbons (Fsp3) is 0.727. The first-order valence-electron chi connectivity index (χ1n) is 12.4. The summed E-state index contributed by atoms with van der Waals surface area (Å²) >= 11 is 0. The Hall–Kier alpha value is -1.80. The Kier molecular flexibility index (Phi) is 5.64. The lowest BCUT2D eigenvalue weighted by Gasteiger charge is -2.43. The third-order valence-electron chi connectivity index (χ3n) is 8.02. The number of aromatic amines is 1. The number of hydrogen-bond acceptors (Lipinski definition) is 7. The molecule has 1 spiro atoms. The predicted molar refractivity (Wildman–Crippen MR) is 133 cm³/mol. The molecule has 0 amide bonds. The van der Waals surface area contributed by atoms with Gasteiger partial charge in [-0.1, -0.05) is 0 Å². The first kappa shape index (κ1) is 23.6. The zero-order valence-corrected chi connectivity index (χ0v) is 21.6. The Morgan fingerprint density at radius 3 is 2.63 bits per heavy atom. The van der Waals surface area contributed by atoms with E-state index in [0.717, 1.165) is 42.5 Å². The molecule has 13 heteroatoms. The number of nitrogens with zero attached hydrogens (tertiary/aromatic N) is 6. The van der Waals surface area contributed by atoms with Crippen LogP contribution in [0.5, 0.6) is 0 Å². The number of piperazine rings is 1. The molecule has 2 aromatic rings. The van der Waals surface area contributed by atoms with Crippen molar-refractivity contribution in [3.05, 3.63) is 18.6 Å². The normalized spacial score (nSPS) is 25.8. The van der Waals surface area contributed by atoms with E-state index < -0.39 is 25.8 Å². The summed E-state index contributed by atoms with van der Waals surface area (Å²) in [5.74, 6) is 1.41. The lowest BCUT2D eigenvalue weighted by Crippen LogP contribution is -2.60. The summed E-state index contributed by atoms with van der Waals surface area (Å²) in [6.45, 7) is 2.80. The highest BCUT2D eigenvalue weighted by atomic mass is 32.2. The molecule has 4 aliphatic rings. The highest BCUT2D eigenvalue weighted by molar-refractivity contribution is 7.89. The summed E-state index contributed by atoms with van der Waals surface area (Å²) in [6, 6.07) is 1.96. The van der Waals surface area contributed by atoms with E-state index in [4.69, 9.17) is 0 Å². The highest BCUT2D eigenvalue weighted by Gasteiger charge is 2.57. The van der Waals surface area contributed by atoms with Gasteiger partial charge in [-0.25, -0.2) is 22.7 Å². The average molecular weight is 524 g/mol. The van der Waals surface area contributed by atoms with Crippen LogP contribution in [0.1, 0.15) is 32.1 Å². The lowest BCUT2D eigenvalue weighted by atomic mass is 10.1. The number of sulfonamides is 1. The SMILES string of the molecule is CN(CC1CCN(S(=O)(=O)CC2CC2)C1)S(=O)(=O)N1CCN(c2ncnc3[nH]ccc23)CC12CC2. The standard InChI is InChI=1S/C22H33N7O4S2/c1-26(12-18-5-9-28(13-18)34(30,31)14-17-2-3-17)35(32,33)29-11-10-27(15-22(29)6-7-22)21-19-4-8-23-20(19)24-16-25-21/h4,8,16-18H,2-3,5-7,9-15H2,1H3,(H,23,24,25). The van der Waals surface area contributed by atoms with Gasteiger partial charge in [-0.2, -0.15) is 17.0 Å². The Bertz CT molecular complexity index is 1320. The largest absolute Gasteiger partial charge is 0.353 e. The van der Waals surface area contributed by atoms with Gasteiger partial charge < -0.3 is 9.88 Å². The quantitative estimate of drug-likeness (QED) is 0.544. The number of H-pyrrole nitrogens is 1. The fourth-order valence-electron chi connectivity index (χ4n) is 5.68. The van der Waals surface area contributed by atoms with Gasteiger partial charge in [0, 0.05) is 52.5 Å². The molecule has 35 heavy (non-hydrogen) atoms. The molecule has 1 unspecified atom stereocenters. The second-order valence-corrected chi connectivity index (χ2v) is 14.7. The number of nitrogens with one attached hydrogen (secondary N) is 1. The van der Waals surface area contributed by atoms with E-state index in [1.54, 1.807) is 22.0 Å². The molecule has 0 radical (unpaired) electrons. The van der Waals surface area contributed by atoms with Crippen LogP contribution in [-0.4, -0.2) is 102 Å². The lowest BCUT2D eigenvalue weighted by molar-refractivity contribution is 0.245. The van der Waals surface area contributed by atoms with E-state index >= 15 is 0 Å². The zero-order valence-electron chi connectivity index (χ0n) is 20.0. The molecule has 2 aliphatic heterocycles. The molecule has 1 atom stereocenters. The first-order chi connectivity index (χ1) is 16.7. The van der Waals surface area contributed by atoms with E-state index in [1.165, 1.54) is 4.31 Å². The van der Waals surface area contributed by atoms with Crippen molar-refractivity contribution in [2.24, 2.45) is 11.8 Å². The molecular formula is C22H33N7O4S2. The smallest absolute Gasteiger partial charge is 0.282 e. The van der Waals surface area contributed by atoms with E-state index in [9.17, 15) is 16.8 Å². The van der Waals surface area contributed by atoms with Crippen LogP contribution in [0.4, 0.5) is 5.82 Å². The maximum atomic E-state index is 13.6. The molecule has 0 bridgehead atoms. The van der Waals surface area contributed by atoms with Crippen molar-refractivity contribution in [3.8, 4) is 0 Å². The Morgan fingerprint density at radius 1 is 1.09 bits per heavy atom. The van der Waals surface area contributed by atoms with Crippen LogP contribution in [0.3, 0.4) is 0 Å². The fourth-order valence-corrected chi connectivity index (χ4v) is 9.42. The minimum atomic E-state index is -3.66. The molecule has 2 saturated heterocycles. The second kappa shape index (κ2) is 8.37. The number of anilines is 1. The van der Waals surface area contributed by atoms with Gasteiger partial charge >= 0.3 is 0 Å². The summed E-state index contributed by atoms with van der Waals surface area (Å²) in [5.41, 5.74) is 0.369. The molecule has 1 N–H and O–H groups in total. The van der Waals surface area contributed by atoms with Crippen LogP contribution < -0.4 is 4.90 Å². The van der Waals surface area contributed by atoms with Gasteiger partial charge in [-0.3, -0.25) is 0 Å². The third-order valence-corrected chi connectivity index (χ3v) is 12.1. The maximum Gasteiger partial charge on any atom is 0.282 e. The Morgan fingerprint density at radius 2 is 1.89 bits per heavy atom. The number of aromatic nitrogens is 3. The average Bonchev–Trinajstić information content (AvgIpc) is 3.66. The van der Waals surface area contributed by atoms with Crippen molar-refractivity contribution in [3.63, 3.8) is 0 Å². The number of fused-ring (bicyclic) bond motifs is 1. The topological polar surface area (TPSA) is 123 Å². The van der Waals surface area contributed by atoms with Crippen LogP contribution in [0.15, 0.2) is 18.6 Å². The van der Waals surface area contributed by atoms with Crippen LogP contribution in [0.25, 0.3) is 11.0 Å². The van der Waals surface area contributed by atoms with Crippen molar-refractivity contribution in [1.82, 2.24) is 27.9 Å². The van der Waals surface area contributed by atoms with Gasteiger partial charge in [0.15, 0.2) is 0 Å². The summed E-state index contributed by atoms with van der Waals surface area (Å²) in [7, 11) is -5.27. The molecule has 2 aliphatic carbocycles. The summed E-state index contributed by atoms with van der Waals surface area (Å²) in [4.78, 5) is 14.1. The summed E-state index contributed by atoms with van der Waals surface area (Å²) < 4.78 is 57.3. The Balaban J connectivity index is 1.12. The first-order valence-corrected chi connectivity index (χ1v) is 15.4. The monoisotopic (exact) mass is 523 g/mol. The molecule has 0 aromatic carbocycles. The molecule has 2 saturated carbocycles. The molecule has 192 valence electrons. The summed E-state index contributed by atoms with van der Waals surface area (Å²) in [5, 5.41) is 0.944. The van der Waals surface area contributed by atoms with Gasteiger partial charge in [-0.05, 0) is 50.0 Å². The van der Waals surface area contributed by atoms with E-state index in [2.05, 4.69) is 19.9 Å². The predicted octanol–water partition coefficient (Wildman–Crippen LogP) is 0.851. The van der Waals surface area contributed by atoms with Gasteiger partial charge in [0.05, 0.1) is 16.7 Å². The minimum absolute atomic E-state index is 0.0167. The maximum absolute atomic E-state index is 13.6. The van der Waals surface area contributed by atoms with Crippen LogP contribution in [-0.2, 0) is 20.2 Å². The highest BCUT2D eigenvalue weighted by Crippen LogP contribution is 2.47. The van der Waals surface area contributed by atoms with Gasteiger partial charge in [0.1, 0.15) is 17.8 Å². The molecular weight excluding hydrogens is 490 g/mol. The van der Waals surface area contributed by atoms with Gasteiger partial charge in [-0.15, -0.1) is 0 Å². The van der Waals surface area contributed by atoms with Crippen LogP contribution in [0.2, 0.25) is 0 Å². The van der Waals surface area contributed by atoms with Crippen molar-refractivity contribution in [2.75, 3.05) is 57.0 Å². The van der Waals surface area contributed by atoms with Crippen molar-refractivity contribution in [2.45, 2.75) is 37.6 Å². The third kappa shape index (κ3) is 4.35. The van der Waals surface area contributed by atoms with Gasteiger partial charge in [0.25, 0.3) is 10.2 Å². The van der Waals surface area contributed by atoms with E-state index in [0.29, 0.717) is 51.6 Å². The number of rotatable bonds is 8. The molecule has 4 fully saturated rings. The molecule has 2 aromatic heterocycles. The van der Waals surface area contributed by atoms with Crippen molar-refractivity contribution < 1.29 is 16.8 Å². The van der Waals surface area contributed by atoms with Crippen LogP contribution >= 0.6 is 0 Å². The molecule has 11 nitrogen and oxygen atoms in total. The Labute approximate surface area is 206 Å². The zero-order chi connectivity index (χ0) is 24.4. The minimum Gasteiger partial charge on any atom is -0.353 e. The molecule has 6 rings (SSSR count). The van der Waals surface area contributed by atoms with Crippen molar-refractivity contribution >= 4 is 37.1 Å².